The number of nitrogens with one attached hydrogen (secondary N) is 2. The van der Waals surface area contributed by atoms with Gasteiger partial charge in [0.05, 0.1) is 10.9 Å². The van der Waals surface area contributed by atoms with Crippen molar-refractivity contribution in [1.82, 2.24) is 9.97 Å². The summed E-state index contributed by atoms with van der Waals surface area (Å²) in [6, 6.07) is 17.8. The molecular weight excluding hydrogens is 356 g/mol. The standard InChI is InChI=1S/C21H20N4OS/c22-11-8-15(14-4-2-1-3-5-14)21(26)25-19-7-6-18(27-19)16-9-12-23-20-17(16)10-13-24-20/h1-7,9-10,12-13,15H,8,11,22H2,(H,23,24)(H,25,26). The maximum atomic E-state index is 12.8. The minimum atomic E-state index is -0.251. The molecule has 27 heavy (non-hydrogen) atoms. The monoisotopic (exact) mass is 376 g/mol. The summed E-state index contributed by atoms with van der Waals surface area (Å²) in [5.41, 5.74) is 8.69. The minimum absolute atomic E-state index is 0.0263. The number of fused-ring (bicyclic) bond motifs is 1. The molecule has 0 radical (unpaired) electrons. The second-order valence-electron chi connectivity index (χ2n) is 6.29. The fourth-order valence-corrected chi connectivity index (χ4v) is 4.18. The highest BCUT2D eigenvalue weighted by Crippen LogP contribution is 2.35. The molecule has 4 N–H and O–H groups in total. The summed E-state index contributed by atoms with van der Waals surface area (Å²) in [6.07, 6.45) is 4.29. The number of nitrogens with zero attached hydrogens (tertiary/aromatic N) is 1. The topological polar surface area (TPSA) is 83.8 Å². The maximum Gasteiger partial charge on any atom is 0.232 e. The number of rotatable bonds is 6. The minimum Gasteiger partial charge on any atom is -0.346 e. The van der Waals surface area contributed by atoms with Crippen molar-refractivity contribution < 1.29 is 4.79 Å². The highest BCUT2D eigenvalue weighted by atomic mass is 32.1. The Morgan fingerprint density at radius 1 is 1.15 bits per heavy atom. The third-order valence-corrected chi connectivity index (χ3v) is 5.59. The number of anilines is 1. The lowest BCUT2D eigenvalue weighted by molar-refractivity contribution is -0.117. The lowest BCUT2D eigenvalue weighted by Crippen LogP contribution is -2.23. The zero-order chi connectivity index (χ0) is 18.6. The van der Waals surface area contributed by atoms with Crippen LogP contribution in [-0.4, -0.2) is 22.4 Å². The first-order chi connectivity index (χ1) is 13.3. The predicted octanol–water partition coefficient (Wildman–Crippen LogP) is 4.36. The van der Waals surface area contributed by atoms with Gasteiger partial charge >= 0.3 is 0 Å². The van der Waals surface area contributed by atoms with E-state index in [2.05, 4.69) is 15.3 Å². The van der Waals surface area contributed by atoms with Gasteiger partial charge in [-0.3, -0.25) is 4.79 Å². The Labute approximate surface area is 161 Å². The number of carbonyl (C=O) groups is 1. The van der Waals surface area contributed by atoms with Crippen molar-refractivity contribution in [2.24, 2.45) is 5.73 Å². The lowest BCUT2D eigenvalue weighted by atomic mass is 9.95. The number of H-pyrrole nitrogens is 1. The highest BCUT2D eigenvalue weighted by Gasteiger charge is 2.20. The van der Waals surface area contributed by atoms with Gasteiger partial charge in [0.25, 0.3) is 0 Å². The van der Waals surface area contributed by atoms with Crippen molar-refractivity contribution in [3.05, 3.63) is 72.6 Å². The Kier molecular flexibility index (Phi) is 5.00. The first-order valence-corrected chi connectivity index (χ1v) is 9.66. The van der Waals surface area contributed by atoms with Crippen LogP contribution in [0.25, 0.3) is 21.5 Å². The fourth-order valence-electron chi connectivity index (χ4n) is 3.24. The Morgan fingerprint density at radius 2 is 2.00 bits per heavy atom. The molecule has 0 saturated carbocycles. The van der Waals surface area contributed by atoms with Crippen LogP contribution in [0.1, 0.15) is 17.9 Å². The molecule has 1 atom stereocenters. The van der Waals surface area contributed by atoms with Gasteiger partial charge in [-0.15, -0.1) is 11.3 Å². The molecule has 4 rings (SSSR count). The van der Waals surface area contributed by atoms with Gasteiger partial charge in [-0.05, 0) is 42.8 Å². The average Bonchev–Trinajstić information content (AvgIpc) is 3.35. The number of thiophene rings is 1. The molecule has 6 heteroatoms. The number of carbonyl (C=O) groups excluding carboxylic acids is 1. The van der Waals surface area contributed by atoms with Gasteiger partial charge in [-0.1, -0.05) is 30.3 Å². The van der Waals surface area contributed by atoms with Crippen LogP contribution in [0.4, 0.5) is 5.00 Å². The van der Waals surface area contributed by atoms with E-state index in [1.807, 2.05) is 60.8 Å². The van der Waals surface area contributed by atoms with Crippen LogP contribution < -0.4 is 11.1 Å². The van der Waals surface area contributed by atoms with Crippen molar-refractivity contribution in [1.29, 1.82) is 0 Å². The Hall–Kier alpha value is -2.96. The largest absolute Gasteiger partial charge is 0.346 e. The van der Waals surface area contributed by atoms with E-state index in [1.54, 1.807) is 17.5 Å². The molecule has 0 fully saturated rings. The zero-order valence-corrected chi connectivity index (χ0v) is 15.5. The second-order valence-corrected chi connectivity index (χ2v) is 7.38. The molecule has 1 aromatic carbocycles. The van der Waals surface area contributed by atoms with Crippen LogP contribution in [0.3, 0.4) is 0 Å². The number of aromatic nitrogens is 2. The molecule has 0 spiro atoms. The third kappa shape index (κ3) is 3.63. The van der Waals surface area contributed by atoms with E-state index in [9.17, 15) is 4.79 Å². The van der Waals surface area contributed by atoms with E-state index in [-0.39, 0.29) is 11.8 Å². The number of pyridine rings is 1. The summed E-state index contributed by atoms with van der Waals surface area (Å²) in [5, 5.41) is 4.96. The summed E-state index contributed by atoms with van der Waals surface area (Å²) in [5.74, 6) is -0.277. The van der Waals surface area contributed by atoms with E-state index < -0.39 is 0 Å². The van der Waals surface area contributed by atoms with Gasteiger partial charge < -0.3 is 16.0 Å². The van der Waals surface area contributed by atoms with Gasteiger partial charge in [0.1, 0.15) is 5.65 Å². The van der Waals surface area contributed by atoms with Gasteiger partial charge in [0, 0.05) is 28.2 Å². The highest BCUT2D eigenvalue weighted by molar-refractivity contribution is 7.19. The van der Waals surface area contributed by atoms with Crippen molar-refractivity contribution >= 4 is 33.3 Å². The zero-order valence-electron chi connectivity index (χ0n) is 14.7. The van der Waals surface area contributed by atoms with E-state index >= 15 is 0 Å². The quantitative estimate of drug-likeness (QED) is 0.467. The molecule has 0 aliphatic heterocycles. The number of benzene rings is 1. The predicted molar refractivity (Wildman–Crippen MR) is 111 cm³/mol. The number of hydrogen-bond acceptors (Lipinski definition) is 4. The van der Waals surface area contributed by atoms with Crippen molar-refractivity contribution in [3.8, 4) is 10.4 Å². The van der Waals surface area contributed by atoms with Gasteiger partial charge in [0.2, 0.25) is 5.91 Å². The van der Waals surface area contributed by atoms with Crippen LogP contribution in [0.15, 0.2) is 67.0 Å². The number of nitrogens with two attached hydrogens (primary N) is 1. The summed E-state index contributed by atoms with van der Waals surface area (Å²) in [6.45, 7) is 0.463. The lowest BCUT2D eigenvalue weighted by Gasteiger charge is -2.15. The van der Waals surface area contributed by atoms with Gasteiger partial charge in [-0.2, -0.15) is 0 Å². The second kappa shape index (κ2) is 7.73. The number of amides is 1. The molecule has 0 bridgehead atoms. The first kappa shape index (κ1) is 17.5. The Balaban J connectivity index is 1.56. The molecule has 1 amide bonds. The van der Waals surface area contributed by atoms with E-state index in [0.717, 1.165) is 32.0 Å². The van der Waals surface area contributed by atoms with Crippen LogP contribution in [0.5, 0.6) is 0 Å². The van der Waals surface area contributed by atoms with Crippen LogP contribution in [0.2, 0.25) is 0 Å². The first-order valence-electron chi connectivity index (χ1n) is 8.84. The van der Waals surface area contributed by atoms with E-state index in [1.165, 1.54) is 0 Å². The van der Waals surface area contributed by atoms with Crippen LogP contribution in [0, 0.1) is 0 Å². The third-order valence-electron chi connectivity index (χ3n) is 4.55. The molecule has 3 heterocycles. The molecule has 0 aliphatic rings. The summed E-state index contributed by atoms with van der Waals surface area (Å²) < 4.78 is 0. The molecule has 0 saturated heterocycles. The Morgan fingerprint density at radius 3 is 2.81 bits per heavy atom. The SMILES string of the molecule is NCCC(C(=O)Nc1ccc(-c2ccnc3[nH]ccc23)s1)c1ccccc1. The van der Waals surface area contributed by atoms with E-state index in [4.69, 9.17) is 5.73 Å². The van der Waals surface area contributed by atoms with Crippen molar-refractivity contribution in [3.63, 3.8) is 0 Å². The summed E-state index contributed by atoms with van der Waals surface area (Å²) in [4.78, 5) is 21.4. The van der Waals surface area contributed by atoms with Crippen molar-refractivity contribution in [2.45, 2.75) is 12.3 Å². The normalized spacial score (nSPS) is 12.2. The Bertz CT molecular complexity index is 1050. The number of aromatic amines is 1. The molecule has 3 aromatic heterocycles. The van der Waals surface area contributed by atoms with Crippen LogP contribution >= 0.6 is 11.3 Å². The van der Waals surface area contributed by atoms with E-state index in [0.29, 0.717) is 13.0 Å². The fraction of sp³-hybridized carbons (Fsp3) is 0.143. The van der Waals surface area contributed by atoms with Gasteiger partial charge in [-0.25, -0.2) is 4.98 Å². The van der Waals surface area contributed by atoms with Crippen LogP contribution in [-0.2, 0) is 4.79 Å². The smallest absolute Gasteiger partial charge is 0.232 e. The molecule has 1 unspecified atom stereocenters. The molecule has 5 nitrogen and oxygen atoms in total. The summed E-state index contributed by atoms with van der Waals surface area (Å²) >= 11 is 1.56. The van der Waals surface area contributed by atoms with Gasteiger partial charge in [0.15, 0.2) is 0 Å². The molecule has 4 aromatic rings. The molecular formula is C21H20N4OS. The number of hydrogen-bond donors (Lipinski definition) is 3. The average molecular weight is 376 g/mol. The summed E-state index contributed by atoms with van der Waals surface area (Å²) in [7, 11) is 0. The molecule has 0 aliphatic carbocycles. The van der Waals surface area contributed by atoms with Crippen molar-refractivity contribution in [2.75, 3.05) is 11.9 Å². The molecule has 136 valence electrons. The maximum absolute atomic E-state index is 12.8.